The largest absolute Gasteiger partial charge is 0.497 e. The summed E-state index contributed by atoms with van der Waals surface area (Å²) in [5, 5.41) is 14.0. The second-order valence-electron chi connectivity index (χ2n) is 5.21. The average Bonchev–Trinajstić information content (AvgIpc) is 2.41. The average molecular weight is 267 g/mol. The molecule has 19 heavy (non-hydrogen) atoms. The normalized spacial score (nSPS) is 27.3. The van der Waals surface area contributed by atoms with Crippen molar-refractivity contribution in [2.24, 2.45) is 0 Å². The molecule has 1 aromatic rings. The second-order valence-corrected chi connectivity index (χ2v) is 5.21. The van der Waals surface area contributed by atoms with Crippen LogP contribution in [0.3, 0.4) is 0 Å². The lowest BCUT2D eigenvalue weighted by Gasteiger charge is -2.36. The quantitative estimate of drug-likeness (QED) is 0.881. The van der Waals surface area contributed by atoms with Gasteiger partial charge in [0.2, 0.25) is 0 Å². The highest BCUT2D eigenvalue weighted by molar-refractivity contribution is 5.32. The highest BCUT2D eigenvalue weighted by Gasteiger charge is 2.36. The minimum atomic E-state index is -1.04. The first-order valence-electron chi connectivity index (χ1n) is 6.89. The lowest BCUT2D eigenvalue weighted by molar-refractivity contribution is -0.0111. The maximum atomic E-state index is 14.1. The van der Waals surface area contributed by atoms with Gasteiger partial charge in [-0.2, -0.15) is 0 Å². The third-order valence-electron chi connectivity index (χ3n) is 3.98. The van der Waals surface area contributed by atoms with Gasteiger partial charge in [0.15, 0.2) is 0 Å². The zero-order valence-corrected chi connectivity index (χ0v) is 11.6. The first kappa shape index (κ1) is 14.3. The van der Waals surface area contributed by atoms with Gasteiger partial charge in [-0.15, -0.1) is 0 Å². The highest BCUT2D eigenvalue weighted by atomic mass is 19.1. The summed E-state index contributed by atoms with van der Waals surface area (Å²) in [6.45, 7) is 3.00. The first-order chi connectivity index (χ1) is 9.09. The molecule has 0 amide bonds. The second kappa shape index (κ2) is 5.88. The Morgan fingerprint density at radius 2 is 2.11 bits per heavy atom. The van der Waals surface area contributed by atoms with Crippen LogP contribution in [0.15, 0.2) is 18.2 Å². The van der Waals surface area contributed by atoms with E-state index < -0.39 is 5.60 Å². The third-order valence-corrected chi connectivity index (χ3v) is 3.98. The third kappa shape index (κ3) is 3.07. The summed E-state index contributed by atoms with van der Waals surface area (Å²) in [4.78, 5) is 0. The number of ether oxygens (including phenoxy) is 1. The van der Waals surface area contributed by atoms with E-state index in [2.05, 4.69) is 12.2 Å². The summed E-state index contributed by atoms with van der Waals surface area (Å²) in [5.41, 5.74) is -0.648. The van der Waals surface area contributed by atoms with Crippen molar-refractivity contribution in [3.05, 3.63) is 29.6 Å². The fraction of sp³-hybridized carbons (Fsp3) is 0.600. The standard InChI is InChI=1S/C15H22FNO2/c1-3-17-11-6-8-15(18,9-7-11)13-5-4-12(19-2)10-14(13)16/h4-5,10-11,17-18H,3,6-9H2,1-2H3. The first-order valence-corrected chi connectivity index (χ1v) is 6.89. The number of rotatable bonds is 4. The number of halogens is 1. The van der Waals surface area contributed by atoms with E-state index in [9.17, 15) is 9.50 Å². The van der Waals surface area contributed by atoms with E-state index in [-0.39, 0.29) is 5.82 Å². The van der Waals surface area contributed by atoms with Gasteiger partial charge < -0.3 is 15.2 Å². The van der Waals surface area contributed by atoms with Crippen molar-refractivity contribution in [3.8, 4) is 5.75 Å². The van der Waals surface area contributed by atoms with Crippen LogP contribution in [0.5, 0.6) is 5.75 Å². The molecule has 1 fully saturated rings. The van der Waals surface area contributed by atoms with Gasteiger partial charge in [0.1, 0.15) is 11.6 Å². The summed E-state index contributed by atoms with van der Waals surface area (Å²) in [6.07, 6.45) is 2.92. The zero-order valence-electron chi connectivity index (χ0n) is 11.6. The van der Waals surface area contributed by atoms with Crippen LogP contribution in [0.2, 0.25) is 0 Å². The zero-order chi connectivity index (χ0) is 13.9. The van der Waals surface area contributed by atoms with E-state index in [1.165, 1.54) is 13.2 Å². The molecule has 3 nitrogen and oxygen atoms in total. The van der Waals surface area contributed by atoms with Crippen molar-refractivity contribution in [3.63, 3.8) is 0 Å². The molecule has 1 aromatic carbocycles. The van der Waals surface area contributed by atoms with Crippen LogP contribution in [0.4, 0.5) is 4.39 Å². The highest BCUT2D eigenvalue weighted by Crippen LogP contribution is 2.39. The van der Waals surface area contributed by atoms with Gasteiger partial charge in [0.05, 0.1) is 12.7 Å². The van der Waals surface area contributed by atoms with Crippen molar-refractivity contribution in [1.29, 1.82) is 0 Å². The van der Waals surface area contributed by atoms with Crippen LogP contribution < -0.4 is 10.1 Å². The molecular formula is C15H22FNO2. The molecule has 106 valence electrons. The molecule has 0 aromatic heterocycles. The molecule has 0 bridgehead atoms. The summed E-state index contributed by atoms with van der Waals surface area (Å²) in [7, 11) is 1.50. The fourth-order valence-electron chi connectivity index (χ4n) is 2.86. The van der Waals surface area contributed by atoms with E-state index >= 15 is 0 Å². The maximum absolute atomic E-state index is 14.1. The lowest BCUT2D eigenvalue weighted by Crippen LogP contribution is -2.40. The van der Waals surface area contributed by atoms with E-state index in [4.69, 9.17) is 4.74 Å². The van der Waals surface area contributed by atoms with Crippen LogP contribution in [-0.4, -0.2) is 24.8 Å². The predicted molar refractivity (Wildman–Crippen MR) is 72.8 cm³/mol. The smallest absolute Gasteiger partial charge is 0.132 e. The Hall–Kier alpha value is -1.13. The van der Waals surface area contributed by atoms with Gasteiger partial charge in [-0.25, -0.2) is 4.39 Å². The number of hydrogen-bond donors (Lipinski definition) is 2. The van der Waals surface area contributed by atoms with Gasteiger partial charge in [-0.1, -0.05) is 6.92 Å². The van der Waals surface area contributed by atoms with Crippen LogP contribution in [0.25, 0.3) is 0 Å². The molecule has 2 rings (SSSR count). The van der Waals surface area contributed by atoms with Crippen molar-refractivity contribution in [2.45, 2.75) is 44.2 Å². The Morgan fingerprint density at radius 3 is 2.63 bits per heavy atom. The molecule has 1 aliphatic carbocycles. The molecule has 0 heterocycles. The van der Waals surface area contributed by atoms with Gasteiger partial charge >= 0.3 is 0 Å². The maximum Gasteiger partial charge on any atom is 0.132 e. The molecule has 1 aliphatic rings. The monoisotopic (exact) mass is 267 g/mol. The molecule has 2 N–H and O–H groups in total. The summed E-state index contributed by atoms with van der Waals surface area (Å²) in [5.74, 6) is 0.0925. The minimum absolute atomic E-state index is 0.385. The van der Waals surface area contributed by atoms with Gasteiger partial charge in [0, 0.05) is 17.7 Å². The summed E-state index contributed by atoms with van der Waals surface area (Å²) < 4.78 is 19.0. The Morgan fingerprint density at radius 1 is 1.42 bits per heavy atom. The van der Waals surface area contributed by atoms with E-state index in [0.717, 1.165) is 19.4 Å². The van der Waals surface area contributed by atoms with Crippen LogP contribution in [0, 0.1) is 5.82 Å². The van der Waals surface area contributed by atoms with Crippen LogP contribution >= 0.6 is 0 Å². The number of benzene rings is 1. The molecule has 0 radical (unpaired) electrons. The Kier molecular flexibility index (Phi) is 4.42. The lowest BCUT2D eigenvalue weighted by atomic mass is 9.77. The Bertz CT molecular complexity index is 428. The van der Waals surface area contributed by atoms with Crippen molar-refractivity contribution in [1.82, 2.24) is 5.32 Å². The number of hydrogen-bond acceptors (Lipinski definition) is 3. The SMILES string of the molecule is CCNC1CCC(O)(c2ccc(OC)cc2F)CC1. The Balaban J connectivity index is 2.13. The van der Waals surface area contributed by atoms with Gasteiger partial charge in [0.25, 0.3) is 0 Å². The van der Waals surface area contributed by atoms with Crippen molar-refractivity contribution >= 4 is 0 Å². The molecule has 0 spiro atoms. The molecule has 0 unspecified atom stereocenters. The molecule has 0 aliphatic heterocycles. The summed E-state index contributed by atoms with van der Waals surface area (Å²) in [6, 6.07) is 5.12. The Labute approximate surface area is 113 Å². The number of methoxy groups -OCH3 is 1. The summed E-state index contributed by atoms with van der Waals surface area (Å²) >= 11 is 0. The predicted octanol–water partition coefficient (Wildman–Crippen LogP) is 2.57. The molecule has 0 saturated heterocycles. The van der Waals surface area contributed by atoms with E-state index in [1.807, 2.05) is 0 Å². The van der Waals surface area contributed by atoms with Crippen LogP contribution in [0.1, 0.15) is 38.2 Å². The minimum Gasteiger partial charge on any atom is -0.497 e. The van der Waals surface area contributed by atoms with Gasteiger partial charge in [-0.05, 0) is 44.4 Å². The van der Waals surface area contributed by atoms with Gasteiger partial charge in [-0.3, -0.25) is 0 Å². The van der Waals surface area contributed by atoms with E-state index in [1.54, 1.807) is 12.1 Å². The van der Waals surface area contributed by atoms with Crippen molar-refractivity contribution in [2.75, 3.05) is 13.7 Å². The number of nitrogens with one attached hydrogen (secondary N) is 1. The number of aliphatic hydroxyl groups is 1. The fourth-order valence-corrected chi connectivity index (χ4v) is 2.86. The topological polar surface area (TPSA) is 41.5 Å². The molecular weight excluding hydrogens is 245 g/mol. The van der Waals surface area contributed by atoms with Crippen LogP contribution in [-0.2, 0) is 5.60 Å². The molecule has 1 saturated carbocycles. The van der Waals surface area contributed by atoms with E-state index in [0.29, 0.717) is 30.2 Å². The van der Waals surface area contributed by atoms with Crippen molar-refractivity contribution < 1.29 is 14.2 Å². The molecule has 4 heteroatoms. The molecule has 0 atom stereocenters.